The number of thiocarbonyl (C=S) groups is 1. The highest BCUT2D eigenvalue weighted by molar-refractivity contribution is 7.80. The van der Waals surface area contributed by atoms with Crippen molar-refractivity contribution >= 4 is 57.6 Å². The zero-order chi connectivity index (χ0) is 32.4. The Labute approximate surface area is 259 Å². The molecule has 8 N–H and O–H groups in total. The molecule has 1 saturated carbocycles. The summed E-state index contributed by atoms with van der Waals surface area (Å²) in [5.74, 6) is -7.08. The number of anilines is 3. The minimum Gasteiger partial charge on any atom is -0.508 e. The topological polar surface area (TPSA) is 189 Å². The van der Waals surface area contributed by atoms with E-state index in [1.54, 1.807) is 39.2 Å². The van der Waals surface area contributed by atoms with E-state index in [0.717, 1.165) is 5.56 Å². The number of nitrogens with two attached hydrogens (primary N) is 1. The summed E-state index contributed by atoms with van der Waals surface area (Å²) in [5, 5.41) is 52.1. The highest BCUT2D eigenvalue weighted by Gasteiger charge is 2.64. The second-order valence-corrected chi connectivity index (χ2v) is 12.4. The minimum absolute atomic E-state index is 0.00392. The number of aromatic hydroxyl groups is 1. The van der Waals surface area contributed by atoms with Crippen LogP contribution in [0.25, 0.3) is 5.76 Å². The number of hydrogen-bond acceptors (Lipinski definition) is 10. The Morgan fingerprint density at radius 1 is 1.07 bits per heavy atom. The molecule has 0 saturated heterocycles. The van der Waals surface area contributed by atoms with Crippen molar-refractivity contribution in [1.82, 2.24) is 4.90 Å². The number of amides is 1. The number of aliphatic hydroxyl groups is 3. The van der Waals surface area contributed by atoms with E-state index in [0.29, 0.717) is 16.9 Å². The summed E-state index contributed by atoms with van der Waals surface area (Å²) in [4.78, 5) is 42.9. The Bertz CT molecular complexity index is 1680. The second-order valence-electron chi connectivity index (χ2n) is 11.9. The Kier molecular flexibility index (Phi) is 7.69. The van der Waals surface area contributed by atoms with Gasteiger partial charge in [-0.25, -0.2) is 0 Å². The number of hydrogen-bond donors (Lipinski definition) is 7. The molecule has 44 heavy (non-hydrogen) atoms. The first-order chi connectivity index (χ1) is 20.6. The first kappa shape index (κ1) is 31.0. The number of likely N-dealkylation sites (N-methyl/N-ethyl adjacent to an activating group) is 1. The largest absolute Gasteiger partial charge is 0.508 e. The minimum atomic E-state index is -2.71. The summed E-state index contributed by atoms with van der Waals surface area (Å²) in [6.45, 7) is 1.96. The van der Waals surface area contributed by atoms with E-state index < -0.39 is 58.0 Å². The number of nitrogens with one attached hydrogen (secondary N) is 2. The Morgan fingerprint density at radius 2 is 1.70 bits per heavy atom. The first-order valence-electron chi connectivity index (χ1n) is 13.9. The van der Waals surface area contributed by atoms with Gasteiger partial charge in [0.25, 0.3) is 5.91 Å². The fourth-order valence-corrected chi connectivity index (χ4v) is 6.94. The van der Waals surface area contributed by atoms with Crippen LogP contribution >= 0.6 is 12.2 Å². The van der Waals surface area contributed by atoms with E-state index in [4.69, 9.17) is 18.0 Å². The van der Waals surface area contributed by atoms with Gasteiger partial charge in [-0.1, -0.05) is 17.7 Å². The molecule has 3 aliphatic carbocycles. The molecule has 2 aromatic rings. The third-order valence-electron chi connectivity index (χ3n) is 8.74. The maximum Gasteiger partial charge on any atom is 0.255 e. The fraction of sp³-hybridized carbons (Fsp3) is 0.355. The van der Waals surface area contributed by atoms with Gasteiger partial charge in [-0.3, -0.25) is 19.3 Å². The molecule has 3 aliphatic rings. The zero-order valence-corrected chi connectivity index (χ0v) is 25.7. The average Bonchev–Trinajstić information content (AvgIpc) is 2.93. The van der Waals surface area contributed by atoms with Gasteiger partial charge in [0, 0.05) is 37.0 Å². The first-order valence-corrected chi connectivity index (χ1v) is 14.4. The van der Waals surface area contributed by atoms with E-state index >= 15 is 0 Å². The van der Waals surface area contributed by atoms with Crippen molar-refractivity contribution in [3.05, 3.63) is 63.9 Å². The summed E-state index contributed by atoms with van der Waals surface area (Å²) < 4.78 is 0. The number of Topliss-reactive ketones (excluding diaryl/α,β-unsaturated/α-hetero) is 2. The van der Waals surface area contributed by atoms with Gasteiger partial charge in [0.15, 0.2) is 16.5 Å². The molecule has 12 nitrogen and oxygen atoms in total. The summed E-state index contributed by atoms with van der Waals surface area (Å²) >= 11 is 5.47. The van der Waals surface area contributed by atoms with Crippen LogP contribution in [0, 0.1) is 18.8 Å². The van der Waals surface area contributed by atoms with Crippen LogP contribution in [0.15, 0.2) is 47.2 Å². The van der Waals surface area contributed by atoms with Crippen LogP contribution in [-0.2, 0) is 20.8 Å². The molecular formula is C31H35N5O7S. The van der Waals surface area contributed by atoms with E-state index in [1.165, 1.54) is 4.90 Å². The van der Waals surface area contributed by atoms with Gasteiger partial charge < -0.3 is 41.7 Å². The van der Waals surface area contributed by atoms with E-state index in [9.17, 15) is 34.8 Å². The third kappa shape index (κ3) is 4.68. The van der Waals surface area contributed by atoms with Gasteiger partial charge in [0.1, 0.15) is 22.8 Å². The van der Waals surface area contributed by atoms with Gasteiger partial charge in [-0.2, -0.15) is 0 Å². The molecule has 0 aromatic heterocycles. The number of aryl methyl sites for hydroxylation is 1. The molecule has 0 spiro atoms. The van der Waals surface area contributed by atoms with Crippen molar-refractivity contribution in [3.8, 4) is 5.75 Å². The predicted molar refractivity (Wildman–Crippen MR) is 170 cm³/mol. The quantitative estimate of drug-likeness (QED) is 0.147. The maximum absolute atomic E-state index is 14.1. The fourth-order valence-electron chi connectivity index (χ4n) is 6.71. The molecular weight excluding hydrogens is 586 g/mol. The standard InChI is InChI=1S/C31H35N5O7S/c1-13-6-8-15(9-7-13)33-30(44)34-18-12-19(35(2)3)16-10-14-11-17-23(36(4)5)26(39)22(29(32)42)28(41)31(17,43)27(40)20(14)25(38)21(16)24(18)37/h6-9,12,14,17,23,37-38,41,43H,10-11H2,1-5H3,(H2,32,42)(H2,33,34,44)/t14-,17-,23-,31-/m0/s1. The van der Waals surface area contributed by atoms with Crippen molar-refractivity contribution < 1.29 is 34.8 Å². The average molecular weight is 622 g/mol. The highest BCUT2D eigenvalue weighted by atomic mass is 32.1. The zero-order valence-electron chi connectivity index (χ0n) is 24.9. The molecule has 0 radical (unpaired) electrons. The lowest BCUT2D eigenvalue weighted by molar-refractivity contribution is -0.153. The molecule has 5 rings (SSSR count). The molecule has 0 heterocycles. The molecule has 1 amide bonds. The highest BCUT2D eigenvalue weighted by Crippen LogP contribution is 2.54. The lowest BCUT2D eigenvalue weighted by Crippen LogP contribution is -2.65. The molecule has 0 unspecified atom stereocenters. The Morgan fingerprint density at radius 3 is 2.27 bits per heavy atom. The number of carbonyl (C=O) groups excluding carboxylic acids is 3. The van der Waals surface area contributed by atoms with Crippen LogP contribution in [0.4, 0.5) is 17.1 Å². The molecule has 0 aliphatic heterocycles. The number of rotatable bonds is 5. The van der Waals surface area contributed by atoms with Crippen molar-refractivity contribution in [2.45, 2.75) is 31.4 Å². The molecule has 1 fully saturated rings. The van der Waals surface area contributed by atoms with Crippen LogP contribution in [0.3, 0.4) is 0 Å². The van der Waals surface area contributed by atoms with Crippen LogP contribution in [0.2, 0.25) is 0 Å². The molecule has 0 bridgehead atoms. The van der Waals surface area contributed by atoms with Crippen LogP contribution in [0.1, 0.15) is 23.1 Å². The number of phenols is 1. The van der Waals surface area contributed by atoms with Gasteiger partial charge in [0.2, 0.25) is 5.78 Å². The molecule has 2 aromatic carbocycles. The summed E-state index contributed by atoms with van der Waals surface area (Å²) in [7, 11) is 6.69. The molecule has 232 valence electrons. The Balaban J connectivity index is 1.63. The van der Waals surface area contributed by atoms with Crippen molar-refractivity contribution in [1.29, 1.82) is 0 Å². The van der Waals surface area contributed by atoms with Crippen LogP contribution in [-0.4, -0.2) is 87.7 Å². The van der Waals surface area contributed by atoms with Crippen molar-refractivity contribution in [2.24, 2.45) is 17.6 Å². The van der Waals surface area contributed by atoms with Crippen molar-refractivity contribution in [3.63, 3.8) is 0 Å². The monoisotopic (exact) mass is 621 g/mol. The number of benzene rings is 2. The number of fused-ring (bicyclic) bond motifs is 3. The lowest BCUT2D eigenvalue weighted by Gasteiger charge is -2.50. The maximum atomic E-state index is 14.1. The molecule has 4 atom stereocenters. The van der Waals surface area contributed by atoms with Gasteiger partial charge in [0.05, 0.1) is 17.3 Å². The van der Waals surface area contributed by atoms with Gasteiger partial charge >= 0.3 is 0 Å². The normalized spacial score (nSPS) is 24.5. The predicted octanol–water partition coefficient (Wildman–Crippen LogP) is 2.15. The summed E-state index contributed by atoms with van der Waals surface area (Å²) in [5.41, 5.74) is 4.67. The number of carbonyl (C=O) groups is 3. The number of primary amides is 1. The molecule has 13 heteroatoms. The van der Waals surface area contributed by atoms with E-state index in [2.05, 4.69) is 10.6 Å². The van der Waals surface area contributed by atoms with Crippen molar-refractivity contribution in [2.75, 3.05) is 43.7 Å². The number of nitrogens with zero attached hydrogens (tertiary/aromatic N) is 2. The summed E-state index contributed by atoms with van der Waals surface area (Å²) in [6, 6.07) is 8.04. The van der Waals surface area contributed by atoms with E-state index in [-0.39, 0.29) is 40.5 Å². The second kappa shape index (κ2) is 10.9. The van der Waals surface area contributed by atoms with Gasteiger partial charge in [-0.15, -0.1) is 0 Å². The van der Waals surface area contributed by atoms with Crippen LogP contribution in [0.5, 0.6) is 5.75 Å². The number of ketones is 2. The third-order valence-corrected chi connectivity index (χ3v) is 8.94. The number of aliphatic hydroxyl groups excluding tert-OH is 2. The van der Waals surface area contributed by atoms with E-state index in [1.807, 2.05) is 31.2 Å². The smallest absolute Gasteiger partial charge is 0.255 e. The van der Waals surface area contributed by atoms with Crippen LogP contribution < -0.4 is 21.3 Å². The number of phenolic OH excluding ortho intramolecular Hbond substituents is 1. The van der Waals surface area contributed by atoms with Gasteiger partial charge in [-0.05, 0) is 75.8 Å². The lowest BCUT2D eigenvalue weighted by atomic mass is 9.57. The SMILES string of the molecule is Cc1ccc(NC(=S)Nc2cc(N(C)C)c3c(c2O)C(O)=C2C(=O)[C@]4(O)C(O)=C(C(N)=O)C(=O)[C@@H](N(C)C)[C@@H]4C[C@@H]2C3)cc1. The Hall–Kier alpha value is -4.46. The summed E-state index contributed by atoms with van der Waals surface area (Å²) in [6.07, 6.45) is 0.173.